The molecule has 0 bridgehead atoms. The second-order valence-electron chi connectivity index (χ2n) is 6.65. The highest BCUT2D eigenvalue weighted by Crippen LogP contribution is 2.26. The van der Waals surface area contributed by atoms with Crippen LogP contribution in [0.3, 0.4) is 0 Å². The van der Waals surface area contributed by atoms with Crippen LogP contribution in [0.1, 0.15) is 18.4 Å². The van der Waals surface area contributed by atoms with Crippen molar-refractivity contribution >= 4 is 29.1 Å². The van der Waals surface area contributed by atoms with E-state index in [-0.39, 0.29) is 17.7 Å². The Morgan fingerprint density at radius 3 is 2.44 bits per heavy atom. The highest BCUT2D eigenvalue weighted by atomic mass is 35.5. The normalized spacial score (nSPS) is 14.7. The van der Waals surface area contributed by atoms with Crippen LogP contribution in [-0.2, 0) is 16.0 Å². The second kappa shape index (κ2) is 8.91. The molecule has 1 saturated heterocycles. The molecule has 1 aliphatic heterocycles. The molecule has 0 aromatic heterocycles. The Morgan fingerprint density at radius 1 is 1.11 bits per heavy atom. The maximum atomic E-state index is 12.6. The lowest BCUT2D eigenvalue weighted by atomic mass is 9.95. The van der Waals surface area contributed by atoms with Gasteiger partial charge in [0.05, 0.1) is 19.2 Å². The molecule has 0 atom stereocenters. The minimum Gasteiger partial charge on any atom is -0.495 e. The summed E-state index contributed by atoms with van der Waals surface area (Å²) in [6.07, 6.45) is 1.68. The number of hydrogen-bond acceptors (Lipinski definition) is 3. The summed E-state index contributed by atoms with van der Waals surface area (Å²) in [7, 11) is 1.58. The standard InChI is InChI=1S/C21H23ClN2O3/c1-27-19-5-3-2-4-18(19)23-21(26)16-10-12-24(13-11-16)20(25)14-15-6-8-17(22)9-7-15/h2-9,16H,10-14H2,1H3,(H,23,26). The van der Waals surface area contributed by atoms with Gasteiger partial charge in [-0.05, 0) is 42.7 Å². The Bertz CT molecular complexity index is 799. The summed E-state index contributed by atoms with van der Waals surface area (Å²) < 4.78 is 5.27. The fourth-order valence-electron chi connectivity index (χ4n) is 3.26. The number of rotatable bonds is 5. The number of benzene rings is 2. The van der Waals surface area contributed by atoms with Crippen molar-refractivity contribution in [1.29, 1.82) is 0 Å². The highest BCUT2D eigenvalue weighted by Gasteiger charge is 2.27. The molecule has 1 N–H and O–H groups in total. The van der Waals surface area contributed by atoms with E-state index in [9.17, 15) is 9.59 Å². The van der Waals surface area contributed by atoms with E-state index in [4.69, 9.17) is 16.3 Å². The van der Waals surface area contributed by atoms with Crippen molar-refractivity contribution in [2.75, 3.05) is 25.5 Å². The minimum atomic E-state index is -0.102. The number of anilines is 1. The molecule has 0 radical (unpaired) electrons. The van der Waals surface area contributed by atoms with Crippen LogP contribution in [0.5, 0.6) is 5.75 Å². The van der Waals surface area contributed by atoms with Gasteiger partial charge >= 0.3 is 0 Å². The van der Waals surface area contributed by atoms with Gasteiger partial charge in [0.15, 0.2) is 0 Å². The first kappa shape index (κ1) is 19.2. The number of ether oxygens (including phenoxy) is 1. The molecule has 6 heteroatoms. The van der Waals surface area contributed by atoms with Gasteiger partial charge in [-0.25, -0.2) is 0 Å². The van der Waals surface area contributed by atoms with Crippen LogP contribution in [0, 0.1) is 5.92 Å². The molecule has 142 valence electrons. The summed E-state index contributed by atoms with van der Waals surface area (Å²) in [5.74, 6) is 0.598. The number of hydrogen-bond donors (Lipinski definition) is 1. The molecule has 2 aromatic carbocycles. The molecule has 1 fully saturated rings. The first-order chi connectivity index (χ1) is 13.1. The Balaban J connectivity index is 1.51. The third-order valence-electron chi connectivity index (χ3n) is 4.85. The molecule has 1 heterocycles. The number of amides is 2. The number of halogens is 1. The highest BCUT2D eigenvalue weighted by molar-refractivity contribution is 6.30. The smallest absolute Gasteiger partial charge is 0.227 e. The molecule has 0 unspecified atom stereocenters. The van der Waals surface area contributed by atoms with E-state index in [1.807, 2.05) is 41.3 Å². The van der Waals surface area contributed by atoms with Crippen LogP contribution in [0.25, 0.3) is 0 Å². The van der Waals surface area contributed by atoms with Gasteiger partial charge in [0.25, 0.3) is 0 Å². The van der Waals surface area contributed by atoms with Crippen molar-refractivity contribution in [3.05, 3.63) is 59.1 Å². The number of nitrogens with one attached hydrogen (secondary N) is 1. The lowest BCUT2D eigenvalue weighted by molar-refractivity contribution is -0.133. The molecule has 0 spiro atoms. The van der Waals surface area contributed by atoms with Crippen LogP contribution >= 0.6 is 11.6 Å². The zero-order chi connectivity index (χ0) is 19.2. The summed E-state index contributed by atoms with van der Waals surface area (Å²) in [4.78, 5) is 26.9. The van der Waals surface area contributed by atoms with Crippen LogP contribution in [0.2, 0.25) is 5.02 Å². The van der Waals surface area contributed by atoms with Crippen molar-refractivity contribution < 1.29 is 14.3 Å². The molecule has 2 amide bonds. The average molecular weight is 387 g/mol. The number of methoxy groups -OCH3 is 1. The van der Waals surface area contributed by atoms with Crippen molar-refractivity contribution in [1.82, 2.24) is 4.90 Å². The predicted molar refractivity (Wildman–Crippen MR) is 106 cm³/mol. The van der Waals surface area contributed by atoms with Gasteiger partial charge in [-0.15, -0.1) is 0 Å². The van der Waals surface area contributed by atoms with Gasteiger partial charge in [-0.3, -0.25) is 9.59 Å². The Morgan fingerprint density at radius 2 is 1.78 bits per heavy atom. The summed E-state index contributed by atoms with van der Waals surface area (Å²) in [6.45, 7) is 1.19. The Hall–Kier alpha value is -2.53. The average Bonchev–Trinajstić information content (AvgIpc) is 2.70. The molecule has 0 saturated carbocycles. The lowest BCUT2D eigenvalue weighted by Gasteiger charge is -2.31. The Labute approximate surface area is 164 Å². The number of likely N-dealkylation sites (tertiary alicyclic amines) is 1. The van der Waals surface area contributed by atoms with Crippen LogP contribution in [0.4, 0.5) is 5.69 Å². The van der Waals surface area contributed by atoms with Crippen molar-refractivity contribution in [2.45, 2.75) is 19.3 Å². The summed E-state index contributed by atoms with van der Waals surface area (Å²) in [6, 6.07) is 14.7. The summed E-state index contributed by atoms with van der Waals surface area (Å²) in [5, 5.41) is 3.60. The number of nitrogens with zero attached hydrogens (tertiary/aromatic N) is 1. The van der Waals surface area contributed by atoms with E-state index < -0.39 is 0 Å². The zero-order valence-electron chi connectivity index (χ0n) is 15.3. The molecule has 2 aromatic rings. The number of carbonyl (C=O) groups is 2. The molecule has 5 nitrogen and oxygen atoms in total. The van der Waals surface area contributed by atoms with Crippen molar-refractivity contribution in [3.8, 4) is 5.75 Å². The number of carbonyl (C=O) groups excluding carboxylic acids is 2. The third-order valence-corrected chi connectivity index (χ3v) is 5.10. The molecular formula is C21H23ClN2O3. The first-order valence-electron chi connectivity index (χ1n) is 9.03. The fourth-order valence-corrected chi connectivity index (χ4v) is 3.39. The van der Waals surface area contributed by atoms with Crippen LogP contribution in [0.15, 0.2) is 48.5 Å². The molecular weight excluding hydrogens is 364 g/mol. The van der Waals surface area contributed by atoms with E-state index in [0.717, 1.165) is 5.56 Å². The SMILES string of the molecule is COc1ccccc1NC(=O)C1CCN(C(=O)Cc2ccc(Cl)cc2)CC1. The van der Waals surface area contributed by atoms with Gasteiger partial charge < -0.3 is 15.0 Å². The molecule has 3 rings (SSSR count). The van der Waals surface area contributed by atoms with Gasteiger partial charge in [-0.1, -0.05) is 35.9 Å². The summed E-state index contributed by atoms with van der Waals surface area (Å²) >= 11 is 5.88. The summed E-state index contributed by atoms with van der Waals surface area (Å²) in [5.41, 5.74) is 1.62. The van der Waals surface area contributed by atoms with E-state index in [1.165, 1.54) is 0 Å². The maximum absolute atomic E-state index is 12.6. The predicted octanol–water partition coefficient (Wildman–Crippen LogP) is 3.77. The molecule has 27 heavy (non-hydrogen) atoms. The van der Waals surface area contributed by atoms with Gasteiger partial charge in [0.1, 0.15) is 5.75 Å². The number of piperidine rings is 1. The van der Waals surface area contributed by atoms with E-state index in [0.29, 0.717) is 48.8 Å². The maximum Gasteiger partial charge on any atom is 0.227 e. The quantitative estimate of drug-likeness (QED) is 0.850. The van der Waals surface area contributed by atoms with Gasteiger partial charge in [0.2, 0.25) is 11.8 Å². The minimum absolute atomic E-state index is 0.0238. The first-order valence-corrected chi connectivity index (χ1v) is 9.40. The Kier molecular flexibility index (Phi) is 6.35. The van der Waals surface area contributed by atoms with Gasteiger partial charge in [-0.2, -0.15) is 0 Å². The second-order valence-corrected chi connectivity index (χ2v) is 7.08. The number of para-hydroxylation sites is 2. The third kappa shape index (κ3) is 5.01. The van der Waals surface area contributed by atoms with Crippen molar-refractivity contribution in [2.24, 2.45) is 5.92 Å². The van der Waals surface area contributed by atoms with Crippen LogP contribution in [-0.4, -0.2) is 36.9 Å². The van der Waals surface area contributed by atoms with Gasteiger partial charge in [0, 0.05) is 24.0 Å². The van der Waals surface area contributed by atoms with E-state index in [2.05, 4.69) is 5.32 Å². The molecule has 1 aliphatic rings. The van der Waals surface area contributed by atoms with E-state index >= 15 is 0 Å². The largest absolute Gasteiger partial charge is 0.495 e. The van der Waals surface area contributed by atoms with E-state index in [1.54, 1.807) is 19.2 Å². The zero-order valence-corrected chi connectivity index (χ0v) is 16.0. The van der Waals surface area contributed by atoms with Crippen LogP contribution < -0.4 is 10.1 Å². The molecule has 0 aliphatic carbocycles. The fraction of sp³-hybridized carbons (Fsp3) is 0.333. The lowest BCUT2D eigenvalue weighted by Crippen LogP contribution is -2.42. The monoisotopic (exact) mass is 386 g/mol. The van der Waals surface area contributed by atoms with Crippen molar-refractivity contribution in [3.63, 3.8) is 0 Å². The topological polar surface area (TPSA) is 58.6 Å².